The Balaban J connectivity index is 1.48. The van der Waals surface area contributed by atoms with Crippen molar-refractivity contribution in [3.05, 3.63) is 48.2 Å². The number of pyridine rings is 1. The summed E-state index contributed by atoms with van der Waals surface area (Å²) in [5, 5.41) is 3.16. The lowest BCUT2D eigenvalue weighted by atomic mass is 9.87. The summed E-state index contributed by atoms with van der Waals surface area (Å²) in [7, 11) is -1.49. The van der Waals surface area contributed by atoms with Crippen LogP contribution in [0.3, 0.4) is 0 Å². The fourth-order valence-electron chi connectivity index (χ4n) is 3.21. The van der Waals surface area contributed by atoms with Gasteiger partial charge in [-0.25, -0.2) is 13.4 Å². The van der Waals surface area contributed by atoms with Gasteiger partial charge >= 0.3 is 0 Å². The van der Waals surface area contributed by atoms with E-state index < -0.39 is 10.0 Å². The van der Waals surface area contributed by atoms with E-state index in [4.69, 9.17) is 4.74 Å². The van der Waals surface area contributed by atoms with E-state index >= 15 is 0 Å². The monoisotopic (exact) mass is 432 g/mol. The summed E-state index contributed by atoms with van der Waals surface area (Å²) in [6.45, 7) is 10.1. The van der Waals surface area contributed by atoms with E-state index in [1.165, 1.54) is 16.1 Å². The van der Waals surface area contributed by atoms with Crippen LogP contribution in [0, 0.1) is 0 Å². The van der Waals surface area contributed by atoms with Crippen LogP contribution < -0.4 is 10.1 Å². The SMILES string of the molecule is CN1CCN(S(=O)(=O)c2ccc(NCCOc3ccc(C(C)(C)C)cc3)nc2)CC1. The van der Waals surface area contributed by atoms with Crippen LogP contribution in [-0.4, -0.2) is 69.0 Å². The number of ether oxygens (including phenoxy) is 1. The number of nitrogens with zero attached hydrogens (tertiary/aromatic N) is 3. The largest absolute Gasteiger partial charge is 0.492 e. The summed E-state index contributed by atoms with van der Waals surface area (Å²) < 4.78 is 32.8. The molecular weight excluding hydrogens is 400 g/mol. The molecule has 0 atom stereocenters. The third-order valence-corrected chi connectivity index (χ3v) is 7.12. The number of anilines is 1. The van der Waals surface area contributed by atoms with Gasteiger partial charge in [0.2, 0.25) is 10.0 Å². The van der Waals surface area contributed by atoms with Gasteiger partial charge in [-0.3, -0.25) is 0 Å². The molecule has 0 unspecified atom stereocenters. The van der Waals surface area contributed by atoms with E-state index in [2.05, 4.69) is 48.1 Å². The van der Waals surface area contributed by atoms with Gasteiger partial charge in [0.15, 0.2) is 0 Å². The summed E-state index contributed by atoms with van der Waals surface area (Å²) in [4.78, 5) is 6.61. The predicted octanol–water partition coefficient (Wildman–Crippen LogP) is 2.81. The molecule has 0 radical (unpaired) electrons. The number of hydrogen-bond donors (Lipinski definition) is 1. The maximum Gasteiger partial charge on any atom is 0.244 e. The zero-order valence-corrected chi connectivity index (χ0v) is 19.1. The van der Waals surface area contributed by atoms with Crippen molar-refractivity contribution < 1.29 is 13.2 Å². The molecule has 30 heavy (non-hydrogen) atoms. The molecule has 1 saturated heterocycles. The van der Waals surface area contributed by atoms with Crippen LogP contribution in [0.5, 0.6) is 5.75 Å². The van der Waals surface area contributed by atoms with Crippen LogP contribution in [0.25, 0.3) is 0 Å². The fourth-order valence-corrected chi connectivity index (χ4v) is 4.58. The minimum atomic E-state index is -3.49. The van der Waals surface area contributed by atoms with Crippen molar-refractivity contribution in [2.24, 2.45) is 0 Å². The van der Waals surface area contributed by atoms with Crippen LogP contribution in [0.1, 0.15) is 26.3 Å². The van der Waals surface area contributed by atoms with Crippen molar-refractivity contribution >= 4 is 15.8 Å². The molecule has 7 nitrogen and oxygen atoms in total. The first-order valence-electron chi connectivity index (χ1n) is 10.3. The van der Waals surface area contributed by atoms with Gasteiger partial charge in [0.25, 0.3) is 0 Å². The van der Waals surface area contributed by atoms with E-state index in [-0.39, 0.29) is 10.3 Å². The third kappa shape index (κ3) is 5.71. The van der Waals surface area contributed by atoms with Crippen molar-refractivity contribution in [2.75, 3.05) is 51.7 Å². The number of benzene rings is 1. The molecule has 0 saturated carbocycles. The zero-order chi connectivity index (χ0) is 21.8. The van der Waals surface area contributed by atoms with Gasteiger partial charge in [-0.1, -0.05) is 32.9 Å². The molecule has 0 spiro atoms. The van der Waals surface area contributed by atoms with Crippen molar-refractivity contribution in [3.8, 4) is 5.75 Å². The quantitative estimate of drug-likeness (QED) is 0.678. The minimum absolute atomic E-state index is 0.121. The fraction of sp³-hybridized carbons (Fsp3) is 0.500. The lowest BCUT2D eigenvalue weighted by molar-refractivity contribution is 0.222. The number of likely N-dealkylation sites (N-methyl/N-ethyl adjacent to an activating group) is 1. The second-order valence-corrected chi connectivity index (χ2v) is 10.6. The Bertz CT molecular complexity index is 914. The highest BCUT2D eigenvalue weighted by molar-refractivity contribution is 7.89. The van der Waals surface area contributed by atoms with Crippen LogP contribution in [-0.2, 0) is 15.4 Å². The van der Waals surface area contributed by atoms with Crippen molar-refractivity contribution in [1.82, 2.24) is 14.2 Å². The number of rotatable bonds is 7. The predicted molar refractivity (Wildman–Crippen MR) is 120 cm³/mol. The summed E-state index contributed by atoms with van der Waals surface area (Å²) >= 11 is 0. The van der Waals surface area contributed by atoms with E-state index in [1.807, 2.05) is 19.2 Å². The van der Waals surface area contributed by atoms with Gasteiger partial charge in [-0.05, 0) is 42.3 Å². The number of sulfonamides is 1. The number of nitrogens with one attached hydrogen (secondary N) is 1. The van der Waals surface area contributed by atoms with Crippen LogP contribution >= 0.6 is 0 Å². The van der Waals surface area contributed by atoms with E-state index in [0.717, 1.165) is 18.8 Å². The molecular formula is C22H32N4O3S. The molecule has 3 rings (SSSR count). The molecule has 1 aromatic heterocycles. The van der Waals surface area contributed by atoms with Crippen molar-refractivity contribution in [2.45, 2.75) is 31.1 Å². The second kappa shape index (κ2) is 9.32. The average Bonchev–Trinajstić information content (AvgIpc) is 2.71. The third-order valence-electron chi connectivity index (χ3n) is 5.23. The zero-order valence-electron chi connectivity index (χ0n) is 18.3. The van der Waals surface area contributed by atoms with Gasteiger partial charge in [0.05, 0.1) is 6.54 Å². The molecule has 2 aromatic rings. The number of piperazine rings is 1. The van der Waals surface area contributed by atoms with Gasteiger partial charge in [-0.2, -0.15) is 4.31 Å². The molecule has 1 fully saturated rings. The summed E-state index contributed by atoms with van der Waals surface area (Å²) in [5.74, 6) is 1.45. The number of hydrogen-bond acceptors (Lipinski definition) is 6. The Hall–Kier alpha value is -2.16. The molecule has 0 amide bonds. The second-order valence-electron chi connectivity index (χ2n) is 8.64. The summed E-state index contributed by atoms with van der Waals surface area (Å²) in [6.07, 6.45) is 1.42. The summed E-state index contributed by atoms with van der Waals surface area (Å²) in [6, 6.07) is 11.4. The first-order valence-corrected chi connectivity index (χ1v) is 11.7. The van der Waals surface area contributed by atoms with Crippen molar-refractivity contribution in [3.63, 3.8) is 0 Å². The van der Waals surface area contributed by atoms with Crippen LogP contribution in [0.15, 0.2) is 47.5 Å². The van der Waals surface area contributed by atoms with Gasteiger partial charge in [0, 0.05) is 32.4 Å². The van der Waals surface area contributed by atoms with E-state index in [9.17, 15) is 8.42 Å². The van der Waals surface area contributed by atoms with Crippen LogP contribution in [0.2, 0.25) is 0 Å². The standard InChI is InChI=1S/C22H32N4O3S/c1-22(2,3)18-5-7-19(8-6-18)29-16-11-23-21-10-9-20(17-24-21)30(27,28)26-14-12-25(4)13-15-26/h5-10,17H,11-16H2,1-4H3,(H,23,24). The molecule has 0 aliphatic carbocycles. The van der Waals surface area contributed by atoms with Gasteiger partial charge < -0.3 is 15.0 Å². The summed E-state index contributed by atoms with van der Waals surface area (Å²) in [5.41, 5.74) is 1.39. The highest BCUT2D eigenvalue weighted by Gasteiger charge is 2.27. The Morgan fingerprint density at radius 3 is 2.27 bits per heavy atom. The highest BCUT2D eigenvalue weighted by Crippen LogP contribution is 2.24. The van der Waals surface area contributed by atoms with Gasteiger partial charge in [0.1, 0.15) is 23.1 Å². The Kier molecular flexibility index (Phi) is 7.00. The van der Waals surface area contributed by atoms with E-state index in [1.54, 1.807) is 12.1 Å². The maximum atomic E-state index is 12.7. The average molecular weight is 433 g/mol. The molecule has 1 aromatic carbocycles. The topological polar surface area (TPSA) is 74.8 Å². The first-order chi connectivity index (χ1) is 14.2. The molecule has 8 heteroatoms. The molecule has 2 heterocycles. The lowest BCUT2D eigenvalue weighted by Crippen LogP contribution is -2.47. The Morgan fingerprint density at radius 1 is 1.03 bits per heavy atom. The Morgan fingerprint density at radius 2 is 1.70 bits per heavy atom. The Labute approximate surface area is 180 Å². The van der Waals surface area contributed by atoms with E-state index in [0.29, 0.717) is 32.1 Å². The minimum Gasteiger partial charge on any atom is -0.492 e. The smallest absolute Gasteiger partial charge is 0.244 e. The van der Waals surface area contributed by atoms with Gasteiger partial charge in [-0.15, -0.1) is 0 Å². The molecule has 0 bridgehead atoms. The molecule has 1 aliphatic rings. The highest BCUT2D eigenvalue weighted by atomic mass is 32.2. The van der Waals surface area contributed by atoms with Crippen LogP contribution in [0.4, 0.5) is 5.82 Å². The maximum absolute atomic E-state index is 12.7. The molecule has 1 aliphatic heterocycles. The number of aromatic nitrogens is 1. The molecule has 1 N–H and O–H groups in total. The van der Waals surface area contributed by atoms with Crippen molar-refractivity contribution in [1.29, 1.82) is 0 Å². The molecule has 164 valence electrons. The first kappa shape index (κ1) is 22.5. The lowest BCUT2D eigenvalue weighted by Gasteiger charge is -2.31. The normalized spacial score (nSPS) is 16.4.